The van der Waals surface area contributed by atoms with E-state index in [9.17, 15) is 9.59 Å². The molecule has 1 aliphatic carbocycles. The fourth-order valence-corrected chi connectivity index (χ4v) is 3.73. The Balaban J connectivity index is 1.56. The van der Waals surface area contributed by atoms with Crippen molar-refractivity contribution in [3.8, 4) is 11.6 Å². The number of esters is 1. The molecule has 0 unspecified atom stereocenters. The van der Waals surface area contributed by atoms with E-state index in [1.807, 2.05) is 34.6 Å². The maximum Gasteiger partial charge on any atom is 0.367 e. The van der Waals surface area contributed by atoms with Gasteiger partial charge in [0.2, 0.25) is 5.88 Å². The van der Waals surface area contributed by atoms with Gasteiger partial charge in [-0.25, -0.2) is 9.78 Å². The van der Waals surface area contributed by atoms with Crippen molar-refractivity contribution in [1.29, 1.82) is 0 Å². The van der Waals surface area contributed by atoms with Crippen LogP contribution >= 0.6 is 23.2 Å². The highest BCUT2D eigenvalue weighted by Crippen LogP contribution is 2.34. The molecule has 1 aromatic heterocycles. The van der Waals surface area contributed by atoms with Gasteiger partial charge in [-0.15, -0.1) is 0 Å². The Kier molecular flexibility index (Phi) is 8.68. The fraction of sp³-hybridized carbons (Fsp3) is 0.440. The predicted octanol–water partition coefficient (Wildman–Crippen LogP) is 5.15. The molecule has 0 atom stereocenters. The van der Waals surface area contributed by atoms with E-state index in [-0.39, 0.29) is 51.4 Å². The van der Waals surface area contributed by atoms with Crippen molar-refractivity contribution in [2.45, 2.75) is 65.3 Å². The highest BCUT2D eigenvalue weighted by Gasteiger charge is 2.38. The zero-order valence-electron chi connectivity index (χ0n) is 20.7. The Labute approximate surface area is 219 Å². The van der Waals surface area contributed by atoms with Crippen LogP contribution in [0.15, 0.2) is 35.6 Å². The van der Waals surface area contributed by atoms with Gasteiger partial charge in [0.25, 0.3) is 0 Å². The molecule has 1 aromatic carbocycles. The SMILES string of the molecule is CC(C)Oc1ncc(C(=O)ON=C(N)c2ccc(OC3CC(C(=O)OC(C)(C)C)C3)cc2Cl)cc1Cl. The van der Waals surface area contributed by atoms with Crippen molar-refractivity contribution in [1.82, 2.24) is 4.98 Å². The third-order valence-corrected chi connectivity index (χ3v) is 5.56. The number of pyridine rings is 1. The van der Waals surface area contributed by atoms with Crippen LogP contribution in [0, 0.1) is 5.92 Å². The monoisotopic (exact) mass is 537 g/mol. The third kappa shape index (κ3) is 7.48. The lowest BCUT2D eigenvalue weighted by atomic mass is 9.82. The molecule has 0 bridgehead atoms. The number of oxime groups is 1. The lowest BCUT2D eigenvalue weighted by molar-refractivity contribution is -0.166. The average molecular weight is 538 g/mol. The molecule has 36 heavy (non-hydrogen) atoms. The van der Waals surface area contributed by atoms with Crippen molar-refractivity contribution in [3.63, 3.8) is 0 Å². The van der Waals surface area contributed by atoms with E-state index in [1.165, 1.54) is 12.3 Å². The Morgan fingerprint density at radius 3 is 2.42 bits per heavy atom. The molecule has 0 amide bonds. The molecule has 0 spiro atoms. The van der Waals surface area contributed by atoms with Gasteiger partial charge in [-0.2, -0.15) is 0 Å². The predicted molar refractivity (Wildman–Crippen MR) is 136 cm³/mol. The van der Waals surface area contributed by atoms with Gasteiger partial charge in [-0.1, -0.05) is 28.4 Å². The Morgan fingerprint density at radius 1 is 1.14 bits per heavy atom. The van der Waals surface area contributed by atoms with E-state index in [0.717, 1.165) is 0 Å². The molecule has 1 fully saturated rings. The van der Waals surface area contributed by atoms with Crippen LogP contribution in [0.1, 0.15) is 63.4 Å². The quantitative estimate of drug-likeness (QED) is 0.161. The van der Waals surface area contributed by atoms with Gasteiger partial charge in [-0.3, -0.25) is 4.79 Å². The Bertz CT molecular complexity index is 1160. The average Bonchev–Trinajstić information content (AvgIpc) is 2.73. The number of hydrogen-bond acceptors (Lipinski definition) is 8. The number of nitrogens with zero attached hydrogens (tertiary/aromatic N) is 2. The second-order valence-corrected chi connectivity index (χ2v) is 10.4. The summed E-state index contributed by atoms with van der Waals surface area (Å²) < 4.78 is 16.7. The third-order valence-electron chi connectivity index (χ3n) is 4.97. The van der Waals surface area contributed by atoms with E-state index in [2.05, 4.69) is 10.1 Å². The first-order chi connectivity index (χ1) is 16.8. The van der Waals surface area contributed by atoms with E-state index in [0.29, 0.717) is 24.2 Å². The summed E-state index contributed by atoms with van der Waals surface area (Å²) in [7, 11) is 0. The summed E-state index contributed by atoms with van der Waals surface area (Å²) >= 11 is 12.4. The van der Waals surface area contributed by atoms with Gasteiger partial charge >= 0.3 is 11.9 Å². The Morgan fingerprint density at radius 2 is 1.83 bits per heavy atom. The van der Waals surface area contributed by atoms with Crippen LogP contribution < -0.4 is 15.2 Å². The van der Waals surface area contributed by atoms with Crippen LogP contribution in [0.25, 0.3) is 0 Å². The van der Waals surface area contributed by atoms with Gasteiger partial charge < -0.3 is 24.8 Å². The first-order valence-electron chi connectivity index (χ1n) is 11.4. The van der Waals surface area contributed by atoms with Crippen LogP contribution in [-0.2, 0) is 14.4 Å². The standard InChI is InChI=1S/C25H29Cl2N3O6/c1-13(2)33-22-20(27)10-15(12-29-22)24(32)36-30-21(28)18-7-6-16(11-19(18)26)34-17-8-14(9-17)23(31)35-25(3,4)5/h6-7,10-14,17H,8-9H2,1-5H3,(H2,28,30). The van der Waals surface area contributed by atoms with Crippen molar-refractivity contribution < 1.29 is 28.6 Å². The molecule has 1 heterocycles. The second kappa shape index (κ2) is 11.3. The van der Waals surface area contributed by atoms with Gasteiger partial charge in [0.15, 0.2) is 5.84 Å². The smallest absolute Gasteiger partial charge is 0.367 e. The largest absolute Gasteiger partial charge is 0.490 e. The van der Waals surface area contributed by atoms with Gasteiger partial charge in [0.05, 0.1) is 22.6 Å². The van der Waals surface area contributed by atoms with E-state index >= 15 is 0 Å². The van der Waals surface area contributed by atoms with Crippen molar-refractivity contribution in [2.24, 2.45) is 16.8 Å². The summed E-state index contributed by atoms with van der Waals surface area (Å²) in [5.41, 5.74) is 5.87. The molecule has 11 heteroatoms. The lowest BCUT2D eigenvalue weighted by Gasteiger charge is -2.35. The minimum absolute atomic E-state index is 0.0766. The molecule has 1 aliphatic rings. The van der Waals surface area contributed by atoms with E-state index in [1.54, 1.807) is 18.2 Å². The molecule has 1 saturated carbocycles. The lowest BCUT2D eigenvalue weighted by Crippen LogP contribution is -2.41. The van der Waals surface area contributed by atoms with Crippen molar-refractivity contribution in [2.75, 3.05) is 0 Å². The maximum atomic E-state index is 12.3. The summed E-state index contributed by atoms with van der Waals surface area (Å²) in [6.45, 7) is 9.17. The summed E-state index contributed by atoms with van der Waals surface area (Å²) in [5.74, 6) is -0.567. The summed E-state index contributed by atoms with van der Waals surface area (Å²) in [4.78, 5) is 33.3. The van der Waals surface area contributed by atoms with Crippen molar-refractivity contribution in [3.05, 3.63) is 51.6 Å². The summed E-state index contributed by atoms with van der Waals surface area (Å²) in [6, 6.07) is 6.22. The molecule has 0 saturated heterocycles. The van der Waals surface area contributed by atoms with Crippen LogP contribution in [0.3, 0.4) is 0 Å². The number of halogens is 2. The highest BCUT2D eigenvalue weighted by molar-refractivity contribution is 6.34. The van der Waals surface area contributed by atoms with Crippen LogP contribution in [0.5, 0.6) is 11.6 Å². The van der Waals surface area contributed by atoms with Gasteiger partial charge in [-0.05, 0) is 71.7 Å². The zero-order chi connectivity index (χ0) is 26.6. The van der Waals surface area contributed by atoms with Gasteiger partial charge in [0.1, 0.15) is 22.5 Å². The number of benzene rings is 1. The minimum atomic E-state index is -0.802. The highest BCUT2D eigenvalue weighted by atomic mass is 35.5. The van der Waals surface area contributed by atoms with Crippen molar-refractivity contribution >= 4 is 41.0 Å². The first-order valence-corrected chi connectivity index (χ1v) is 12.1. The molecular weight excluding hydrogens is 509 g/mol. The first kappa shape index (κ1) is 27.5. The number of ether oxygens (including phenoxy) is 3. The molecule has 0 radical (unpaired) electrons. The molecule has 2 N–H and O–H groups in total. The van der Waals surface area contributed by atoms with Crippen LogP contribution in [0.4, 0.5) is 0 Å². The fourth-order valence-electron chi connectivity index (χ4n) is 3.25. The van der Waals surface area contributed by atoms with E-state index < -0.39 is 11.6 Å². The number of carbonyl (C=O) groups is 2. The second-order valence-electron chi connectivity index (χ2n) is 9.62. The normalized spacial score (nSPS) is 17.8. The number of nitrogens with two attached hydrogens (primary N) is 1. The summed E-state index contributed by atoms with van der Waals surface area (Å²) in [6.07, 6.45) is 2.16. The van der Waals surface area contributed by atoms with Crippen LogP contribution in [0.2, 0.25) is 10.0 Å². The minimum Gasteiger partial charge on any atom is -0.490 e. The molecular formula is C25H29Cl2N3O6. The molecule has 9 nitrogen and oxygen atoms in total. The molecule has 194 valence electrons. The number of carbonyl (C=O) groups excluding carboxylic acids is 2. The molecule has 0 aliphatic heterocycles. The Hall–Kier alpha value is -3.04. The maximum absolute atomic E-state index is 12.3. The summed E-state index contributed by atoms with van der Waals surface area (Å²) in [5, 5.41) is 4.10. The number of rotatable bonds is 8. The number of hydrogen-bond donors (Lipinski definition) is 1. The van der Waals surface area contributed by atoms with Gasteiger partial charge in [0, 0.05) is 11.8 Å². The molecule has 3 rings (SSSR count). The zero-order valence-corrected chi connectivity index (χ0v) is 22.2. The topological polar surface area (TPSA) is 122 Å². The number of aromatic nitrogens is 1. The van der Waals surface area contributed by atoms with Crippen LogP contribution in [-0.4, -0.2) is 40.6 Å². The van der Waals surface area contributed by atoms with E-state index in [4.69, 9.17) is 48.0 Å². The molecule has 2 aromatic rings. The number of amidine groups is 1.